The highest BCUT2D eigenvalue weighted by atomic mass is 32.2. The highest BCUT2D eigenvalue weighted by Gasteiger charge is 2.45. The summed E-state index contributed by atoms with van der Waals surface area (Å²) in [6, 6.07) is -0.695. The molecule has 1 aromatic rings. The van der Waals surface area contributed by atoms with Crippen LogP contribution in [-0.2, 0) is 10.0 Å². The number of rotatable bonds is 5. The number of nitrogens with zero attached hydrogens (tertiary/aromatic N) is 1. The molecule has 0 saturated carbocycles. The Balaban J connectivity index is 3.18. The molecule has 1 rings (SSSR count). The molecule has 2 atom stereocenters. The quantitative estimate of drug-likeness (QED) is 0.706. The summed E-state index contributed by atoms with van der Waals surface area (Å²) in [4.78, 5) is 15.5. The van der Waals surface area contributed by atoms with Gasteiger partial charge in [0.25, 0.3) is 5.91 Å². The van der Waals surface area contributed by atoms with Gasteiger partial charge in [-0.25, -0.2) is 13.6 Å². The van der Waals surface area contributed by atoms with Crippen LogP contribution in [-0.4, -0.2) is 42.7 Å². The first-order chi connectivity index (χ1) is 10.7. The Kier molecular flexibility index (Phi) is 5.95. The Bertz CT molecular complexity index is 720. The highest BCUT2D eigenvalue weighted by molar-refractivity contribution is 7.89. The summed E-state index contributed by atoms with van der Waals surface area (Å²) in [6.45, 7) is 4.17. The molecular formula is C13H18F3N3O4S. The molecular weight excluding hydrogens is 351 g/mol. The van der Waals surface area contributed by atoms with Gasteiger partial charge in [-0.2, -0.15) is 13.2 Å². The molecule has 0 radical (unpaired) electrons. The van der Waals surface area contributed by atoms with Gasteiger partial charge < -0.3 is 10.4 Å². The van der Waals surface area contributed by atoms with Crippen molar-refractivity contribution in [3.05, 3.63) is 23.5 Å². The third kappa shape index (κ3) is 4.89. The number of hydrogen-bond acceptors (Lipinski definition) is 5. The Labute approximate surface area is 137 Å². The first-order valence-electron chi connectivity index (χ1n) is 6.80. The van der Waals surface area contributed by atoms with Gasteiger partial charge in [-0.05, 0) is 18.9 Å². The van der Waals surface area contributed by atoms with Gasteiger partial charge in [-0.15, -0.1) is 0 Å². The van der Waals surface area contributed by atoms with Gasteiger partial charge in [-0.1, -0.05) is 13.8 Å². The fraction of sp³-hybridized carbons (Fsp3) is 0.538. The van der Waals surface area contributed by atoms with Crippen LogP contribution in [0.4, 0.5) is 13.2 Å². The number of primary sulfonamides is 1. The summed E-state index contributed by atoms with van der Waals surface area (Å²) in [6.07, 6.45) is -6.75. The molecule has 0 fully saturated rings. The monoisotopic (exact) mass is 369 g/mol. The average Bonchev–Trinajstić information content (AvgIpc) is 2.41. The molecule has 1 heterocycles. The lowest BCUT2D eigenvalue weighted by Crippen LogP contribution is -2.52. The van der Waals surface area contributed by atoms with Crippen molar-refractivity contribution in [2.75, 3.05) is 0 Å². The zero-order valence-electron chi connectivity index (χ0n) is 13.1. The smallest absolute Gasteiger partial charge is 0.382 e. The number of nitrogens with two attached hydrogens (primary N) is 1. The number of sulfonamides is 1. The first-order valence-corrected chi connectivity index (χ1v) is 8.35. The number of aliphatic hydroxyl groups excluding tert-OH is 1. The molecule has 4 N–H and O–H groups in total. The van der Waals surface area contributed by atoms with Crippen molar-refractivity contribution in [2.24, 2.45) is 11.1 Å². The van der Waals surface area contributed by atoms with Crippen LogP contribution >= 0.6 is 0 Å². The molecule has 0 bridgehead atoms. The number of aryl methyl sites for hydroxylation is 1. The predicted molar refractivity (Wildman–Crippen MR) is 78.5 cm³/mol. The maximum absolute atomic E-state index is 12.7. The van der Waals surface area contributed by atoms with Crippen LogP contribution < -0.4 is 10.5 Å². The molecule has 0 unspecified atom stereocenters. The highest BCUT2D eigenvalue weighted by Crippen LogP contribution is 2.26. The van der Waals surface area contributed by atoms with Crippen LogP contribution in [0.15, 0.2) is 17.2 Å². The molecule has 0 aliphatic heterocycles. The summed E-state index contributed by atoms with van der Waals surface area (Å²) in [5, 5.41) is 16.4. The number of alkyl halides is 3. The minimum absolute atomic E-state index is 0.101. The average molecular weight is 369 g/mol. The summed E-state index contributed by atoms with van der Waals surface area (Å²) in [5.74, 6) is -1.73. The number of pyridine rings is 1. The van der Waals surface area contributed by atoms with Gasteiger partial charge in [0.2, 0.25) is 10.0 Å². The Morgan fingerprint density at radius 1 is 1.38 bits per heavy atom. The van der Waals surface area contributed by atoms with Crippen LogP contribution in [0.3, 0.4) is 0 Å². The first kappa shape index (κ1) is 20.3. The number of aromatic nitrogens is 1. The lowest BCUT2D eigenvalue weighted by molar-refractivity contribution is -0.214. The molecule has 1 amide bonds. The molecule has 0 aliphatic rings. The fourth-order valence-electron chi connectivity index (χ4n) is 1.94. The van der Waals surface area contributed by atoms with Crippen molar-refractivity contribution in [1.82, 2.24) is 10.3 Å². The third-order valence-corrected chi connectivity index (χ3v) is 4.21. The number of carbonyl (C=O) groups is 1. The van der Waals surface area contributed by atoms with E-state index >= 15 is 0 Å². The van der Waals surface area contributed by atoms with Crippen molar-refractivity contribution in [3.8, 4) is 0 Å². The van der Waals surface area contributed by atoms with Crippen molar-refractivity contribution < 1.29 is 31.5 Å². The summed E-state index contributed by atoms with van der Waals surface area (Å²) in [7, 11) is -4.13. The minimum atomic E-state index is -4.92. The molecule has 1 aromatic heterocycles. The van der Waals surface area contributed by atoms with Gasteiger partial charge in [0.15, 0.2) is 6.10 Å². The van der Waals surface area contributed by atoms with Crippen molar-refractivity contribution >= 4 is 15.9 Å². The topological polar surface area (TPSA) is 122 Å². The zero-order valence-corrected chi connectivity index (χ0v) is 13.9. The standard InChI is InChI=1S/C13H18F3N3O4S/c1-6(2)10(11(20)13(14,15)16)19-12(21)9-4-8(24(17,22)23)5-18-7(9)3/h4-6,10-11,20H,1-3H3,(H,19,21)(H2,17,22,23)/t10-,11-/m0/s1. The van der Waals surface area contributed by atoms with Crippen LogP contribution in [0, 0.1) is 12.8 Å². The lowest BCUT2D eigenvalue weighted by Gasteiger charge is -2.29. The van der Waals surface area contributed by atoms with Crippen LogP contribution in [0.1, 0.15) is 29.9 Å². The molecule has 11 heteroatoms. The van der Waals surface area contributed by atoms with E-state index < -0.39 is 45.1 Å². The van der Waals surface area contributed by atoms with Gasteiger partial charge in [0.1, 0.15) is 4.90 Å². The predicted octanol–water partition coefficient (Wildman–Crippen LogP) is 0.715. The van der Waals surface area contributed by atoms with E-state index in [1.165, 1.54) is 20.8 Å². The van der Waals surface area contributed by atoms with Gasteiger partial charge in [0, 0.05) is 6.20 Å². The van der Waals surface area contributed by atoms with Gasteiger partial charge >= 0.3 is 6.18 Å². The van der Waals surface area contributed by atoms with E-state index in [0.29, 0.717) is 0 Å². The van der Waals surface area contributed by atoms with E-state index in [2.05, 4.69) is 10.3 Å². The molecule has 0 aliphatic carbocycles. The Hall–Kier alpha value is -1.72. The van der Waals surface area contributed by atoms with Crippen LogP contribution in [0.2, 0.25) is 0 Å². The van der Waals surface area contributed by atoms with E-state index in [-0.39, 0.29) is 11.3 Å². The van der Waals surface area contributed by atoms with Crippen molar-refractivity contribution in [2.45, 2.75) is 44.0 Å². The summed E-state index contributed by atoms with van der Waals surface area (Å²) in [5.41, 5.74) is -0.148. The van der Waals surface area contributed by atoms with Crippen LogP contribution in [0.5, 0.6) is 0 Å². The number of hydrogen-bond donors (Lipinski definition) is 3. The lowest BCUT2D eigenvalue weighted by atomic mass is 9.97. The number of nitrogens with one attached hydrogen (secondary N) is 1. The Morgan fingerprint density at radius 2 is 1.92 bits per heavy atom. The number of aliphatic hydroxyl groups is 1. The maximum Gasteiger partial charge on any atom is 0.416 e. The van der Waals surface area contributed by atoms with Crippen LogP contribution in [0.25, 0.3) is 0 Å². The number of amides is 1. The molecule has 7 nitrogen and oxygen atoms in total. The summed E-state index contributed by atoms with van der Waals surface area (Å²) >= 11 is 0. The SMILES string of the molecule is Cc1ncc(S(N)(=O)=O)cc1C(=O)N[C@@H](C(C)C)[C@H](O)C(F)(F)F. The second-order valence-corrected chi connectivity index (χ2v) is 7.14. The normalized spacial score (nSPS) is 15.2. The van der Waals surface area contributed by atoms with E-state index in [4.69, 9.17) is 5.14 Å². The van der Waals surface area contributed by atoms with Crippen molar-refractivity contribution in [3.63, 3.8) is 0 Å². The third-order valence-electron chi connectivity index (χ3n) is 3.33. The van der Waals surface area contributed by atoms with E-state index in [1.807, 2.05) is 0 Å². The van der Waals surface area contributed by atoms with E-state index in [1.54, 1.807) is 0 Å². The zero-order chi connectivity index (χ0) is 18.9. The van der Waals surface area contributed by atoms with E-state index in [0.717, 1.165) is 12.3 Å². The second-order valence-electron chi connectivity index (χ2n) is 5.58. The fourth-order valence-corrected chi connectivity index (χ4v) is 2.42. The molecule has 0 aromatic carbocycles. The molecule has 136 valence electrons. The Morgan fingerprint density at radius 3 is 2.33 bits per heavy atom. The van der Waals surface area contributed by atoms with Gasteiger partial charge in [-0.3, -0.25) is 9.78 Å². The largest absolute Gasteiger partial charge is 0.416 e. The molecule has 0 saturated heterocycles. The van der Waals surface area contributed by atoms with Gasteiger partial charge in [0.05, 0.1) is 17.3 Å². The van der Waals surface area contributed by atoms with Crippen molar-refractivity contribution in [1.29, 1.82) is 0 Å². The second kappa shape index (κ2) is 7.03. The minimum Gasteiger partial charge on any atom is -0.382 e. The number of halogens is 3. The van der Waals surface area contributed by atoms with E-state index in [9.17, 15) is 31.5 Å². The molecule has 24 heavy (non-hydrogen) atoms. The number of carbonyl (C=O) groups excluding carboxylic acids is 1. The molecule has 0 spiro atoms. The maximum atomic E-state index is 12.7. The summed E-state index contributed by atoms with van der Waals surface area (Å²) < 4.78 is 60.7.